The predicted molar refractivity (Wildman–Crippen MR) is 302 cm³/mol. The number of aromatic nitrogens is 6. The number of nitrogens with two attached hydrogens (primary N) is 1. The van der Waals surface area contributed by atoms with Crippen molar-refractivity contribution in [2.45, 2.75) is 242 Å². The van der Waals surface area contributed by atoms with Crippen molar-refractivity contribution in [1.82, 2.24) is 44.6 Å². The zero-order chi connectivity index (χ0) is 56.9. The summed E-state index contributed by atoms with van der Waals surface area (Å²) >= 11 is 0. The molecule has 2 aromatic heterocycles. The topological polar surface area (TPSA) is 160 Å². The van der Waals surface area contributed by atoms with Crippen molar-refractivity contribution in [3.8, 4) is 0 Å². The maximum Gasteiger partial charge on any atom is 0.306 e. The number of carboxylic acid groups (broad SMARTS) is 1. The zero-order valence-electron chi connectivity index (χ0n) is 48.5. The molecule has 79 heavy (non-hydrogen) atoms. The fraction of sp³-hybridized carbons (Fsp3) is 0.710. The van der Waals surface area contributed by atoms with E-state index in [0.29, 0.717) is 61.2 Å². The minimum Gasteiger partial charge on any atom is -0.481 e. The van der Waals surface area contributed by atoms with Gasteiger partial charge in [-0.15, -0.1) is 20.4 Å². The fourth-order valence-corrected chi connectivity index (χ4v) is 14.3. The van der Waals surface area contributed by atoms with Gasteiger partial charge in [0, 0.05) is 104 Å². The van der Waals surface area contributed by atoms with E-state index >= 15 is 0 Å². The Balaban J connectivity index is 0.000000179. The minimum absolute atomic E-state index is 0.0488. The summed E-state index contributed by atoms with van der Waals surface area (Å²) in [7, 11) is 0. The number of hydrogen-bond donors (Lipinski definition) is 3. The highest BCUT2D eigenvalue weighted by molar-refractivity contribution is 5.78. The summed E-state index contributed by atoms with van der Waals surface area (Å²) in [5, 5.41) is 29.4. The Labute approximate surface area is 467 Å². The number of carbonyl (C=O) groups is 2. The number of alkyl halides is 4. The predicted octanol–water partition coefficient (Wildman–Crippen LogP) is 12.2. The number of carbonyl (C=O) groups excluding carboxylic acids is 1. The highest BCUT2D eigenvalue weighted by Crippen LogP contribution is 2.45. The number of rotatable bonds is 17. The second-order valence-corrected chi connectivity index (χ2v) is 25.6. The lowest BCUT2D eigenvalue weighted by molar-refractivity contribution is -0.145. The quantitative estimate of drug-likeness (QED) is 0.0869. The van der Waals surface area contributed by atoms with Crippen LogP contribution in [-0.4, -0.2) is 119 Å². The molecular weight excluding hydrogens is 1010 g/mol. The Bertz CT molecular complexity index is 2570. The Kier molecular flexibility index (Phi) is 19.6. The number of nitrogens with zero attached hydrogens (tertiary/aromatic N) is 8. The number of halogens is 4. The van der Waals surface area contributed by atoms with E-state index < -0.39 is 23.7 Å². The van der Waals surface area contributed by atoms with Crippen LogP contribution >= 0.6 is 0 Å². The van der Waals surface area contributed by atoms with Gasteiger partial charge in [-0.05, 0) is 128 Å². The molecule has 0 radical (unpaired) electrons. The van der Waals surface area contributed by atoms with Gasteiger partial charge >= 0.3 is 5.97 Å². The Morgan fingerprint density at radius 1 is 0.595 bits per heavy atom. The van der Waals surface area contributed by atoms with Crippen molar-refractivity contribution >= 4 is 11.9 Å². The monoisotopic (exact) mass is 1100 g/mol. The molecule has 6 aliphatic rings. The van der Waals surface area contributed by atoms with Crippen molar-refractivity contribution < 1.29 is 32.3 Å². The van der Waals surface area contributed by atoms with Crippen molar-refractivity contribution in [2.75, 3.05) is 26.2 Å². The SMILES string of the molecule is Cc1nnc(C(C)C)n1C1C[C@H]2CC[C@@H](C1)N2CCC(C)(CN)c1ccccc1.Cc1nnc(C(C)C)n1C1C[C@H]2CC[C@@H](C1)N2CCC(C)(CNC(=O)C1CCC(F)(F)CC1)c1ccccc1.O=C(O)C1CCC(F)(F)CC1. The molecule has 2 saturated carbocycles. The van der Waals surface area contributed by atoms with Gasteiger partial charge in [0.1, 0.15) is 23.3 Å². The second-order valence-electron chi connectivity index (χ2n) is 25.6. The first-order chi connectivity index (χ1) is 37.5. The van der Waals surface area contributed by atoms with E-state index in [-0.39, 0.29) is 74.0 Å². The molecule has 1 amide bonds. The van der Waals surface area contributed by atoms with Gasteiger partial charge in [0.25, 0.3) is 0 Å². The van der Waals surface area contributed by atoms with Crippen molar-refractivity contribution in [3.05, 3.63) is 95.1 Å². The lowest BCUT2D eigenvalue weighted by Gasteiger charge is -2.42. The first-order valence-electron chi connectivity index (χ1n) is 29.9. The van der Waals surface area contributed by atoms with Crippen LogP contribution in [-0.2, 0) is 20.4 Å². The van der Waals surface area contributed by atoms with Crippen LogP contribution in [0.3, 0.4) is 0 Å². The summed E-state index contributed by atoms with van der Waals surface area (Å²) < 4.78 is 57.0. The van der Waals surface area contributed by atoms with E-state index in [9.17, 15) is 27.2 Å². The molecule has 6 heterocycles. The molecule has 10 rings (SSSR count). The van der Waals surface area contributed by atoms with Gasteiger partial charge in [0.15, 0.2) is 0 Å². The highest BCUT2D eigenvalue weighted by atomic mass is 19.3. The lowest BCUT2D eigenvalue weighted by atomic mass is 9.78. The van der Waals surface area contributed by atoms with E-state index in [4.69, 9.17) is 10.8 Å². The number of aryl methyl sites for hydroxylation is 2. The molecule has 2 aliphatic carbocycles. The van der Waals surface area contributed by atoms with Crippen molar-refractivity contribution in [1.29, 1.82) is 0 Å². The largest absolute Gasteiger partial charge is 0.481 e. The summed E-state index contributed by atoms with van der Waals surface area (Å²) in [6, 6.07) is 24.7. The van der Waals surface area contributed by atoms with Crippen LogP contribution in [0, 0.1) is 25.7 Å². The Morgan fingerprint density at radius 3 is 1.33 bits per heavy atom. The van der Waals surface area contributed by atoms with Crippen LogP contribution in [0.5, 0.6) is 0 Å². The number of benzene rings is 2. The maximum absolute atomic E-state index is 13.6. The molecule has 8 atom stereocenters. The van der Waals surface area contributed by atoms with Gasteiger partial charge in [-0.3, -0.25) is 19.4 Å². The number of fused-ring (bicyclic) bond motifs is 4. The van der Waals surface area contributed by atoms with Crippen LogP contribution < -0.4 is 11.1 Å². The number of carboxylic acids is 1. The average Bonchev–Trinajstić information content (AvgIpc) is 4.19. The number of hydrogen-bond acceptors (Lipinski definition) is 9. The summed E-state index contributed by atoms with van der Waals surface area (Å²) in [5.41, 5.74) is 8.65. The van der Waals surface area contributed by atoms with E-state index in [1.807, 2.05) is 6.07 Å². The van der Waals surface area contributed by atoms with Gasteiger partial charge in [-0.25, -0.2) is 17.6 Å². The molecule has 4 bridgehead atoms. The number of nitrogens with one attached hydrogen (secondary N) is 1. The van der Waals surface area contributed by atoms with E-state index in [2.05, 4.69) is 155 Å². The van der Waals surface area contributed by atoms with Gasteiger partial charge in [-0.2, -0.15) is 0 Å². The molecule has 4 saturated heterocycles. The third-order valence-electron chi connectivity index (χ3n) is 19.3. The molecule has 2 aromatic carbocycles. The van der Waals surface area contributed by atoms with Crippen LogP contribution in [0.15, 0.2) is 60.7 Å². The van der Waals surface area contributed by atoms with Gasteiger partial charge < -0.3 is 25.3 Å². The third-order valence-corrected chi connectivity index (χ3v) is 19.3. The summed E-state index contributed by atoms with van der Waals surface area (Å²) in [6.45, 7) is 20.9. The third kappa shape index (κ3) is 14.5. The van der Waals surface area contributed by atoms with E-state index in [0.717, 1.165) is 62.1 Å². The average molecular weight is 1100 g/mol. The molecule has 4 aliphatic heterocycles. The zero-order valence-corrected chi connectivity index (χ0v) is 48.5. The van der Waals surface area contributed by atoms with Gasteiger partial charge in [0.2, 0.25) is 17.8 Å². The van der Waals surface area contributed by atoms with Crippen LogP contribution in [0.4, 0.5) is 17.6 Å². The summed E-state index contributed by atoms with van der Waals surface area (Å²) in [6.07, 6.45) is 11.7. The van der Waals surface area contributed by atoms with Gasteiger partial charge in [0.05, 0.1) is 5.92 Å². The minimum atomic E-state index is -2.62. The van der Waals surface area contributed by atoms with Gasteiger partial charge in [-0.1, -0.05) is 102 Å². The van der Waals surface area contributed by atoms with Crippen molar-refractivity contribution in [3.63, 3.8) is 0 Å². The number of aliphatic carboxylic acids is 1. The molecule has 4 unspecified atom stereocenters. The molecular formula is C62H92F4N10O3. The fourth-order valence-electron chi connectivity index (χ4n) is 14.3. The Hall–Kier alpha value is -4.74. The molecule has 4 aromatic rings. The maximum atomic E-state index is 13.6. The van der Waals surface area contributed by atoms with Crippen molar-refractivity contribution in [2.24, 2.45) is 17.6 Å². The normalized spacial score (nSPS) is 26.6. The molecule has 17 heteroatoms. The molecule has 13 nitrogen and oxygen atoms in total. The first-order valence-corrected chi connectivity index (χ1v) is 29.9. The summed E-state index contributed by atoms with van der Waals surface area (Å²) in [4.78, 5) is 28.8. The van der Waals surface area contributed by atoms with E-state index in [1.54, 1.807) is 0 Å². The second kappa shape index (κ2) is 25.6. The van der Waals surface area contributed by atoms with Crippen LogP contribution in [0.2, 0.25) is 0 Å². The van der Waals surface area contributed by atoms with Crippen LogP contribution in [0.1, 0.15) is 215 Å². The van der Waals surface area contributed by atoms with E-state index in [1.165, 1.54) is 49.7 Å². The molecule has 6 fully saturated rings. The molecule has 436 valence electrons. The standard InChI is InChI=1S/C31H45F2N5O.C24H37N5.C7H10F2O2/c1-21(2)28-36-35-22(3)38(28)27-18-25-10-11-26(19-27)37(25)17-16-30(4,24-8-6-5-7-9-24)20-34-29(39)23-12-14-31(32,33)15-13-23;1-17(2)23-27-26-18(3)29(23)22-14-20-10-11-21(15-22)28(20)13-12-24(4,16-25)19-8-6-5-7-9-19;8-7(9)3-1-5(2-4-7)6(10)11/h5-9,21,23,25-27H,10-20H2,1-4H3,(H,34,39);5-9,17,20-22H,10-16,25H2,1-4H3;5H,1-4H2,(H,10,11)/t25-,26+,27?,30?;20-,21+,22?,24?;. The van der Waals surface area contributed by atoms with Crippen LogP contribution in [0.25, 0.3) is 0 Å². The highest BCUT2D eigenvalue weighted by Gasteiger charge is 2.45. The number of piperidine rings is 2. The molecule has 0 spiro atoms. The summed E-state index contributed by atoms with van der Waals surface area (Å²) in [5.74, 6) is -1.99. The smallest absolute Gasteiger partial charge is 0.306 e. The molecule has 4 N–H and O–H groups in total. The first kappa shape index (κ1) is 60.4. The number of amides is 1. The Morgan fingerprint density at radius 2 is 0.962 bits per heavy atom. The lowest BCUT2D eigenvalue weighted by Crippen LogP contribution is -2.48.